The Balaban J connectivity index is 1.60. The highest BCUT2D eigenvalue weighted by molar-refractivity contribution is 7.25. The summed E-state index contributed by atoms with van der Waals surface area (Å²) in [5.74, 6) is 2.22. The Morgan fingerprint density at radius 1 is 1.25 bits per heavy atom. The number of aromatic amines is 1. The molecule has 1 saturated heterocycles. The highest BCUT2D eigenvalue weighted by Crippen LogP contribution is 2.41. The molecule has 0 unspecified atom stereocenters. The zero-order chi connectivity index (χ0) is 18.9. The number of aromatic nitrogens is 3. The molecule has 1 fully saturated rings. The number of hydrogen-bond donors (Lipinski definition) is 1. The number of nitrogens with one attached hydrogen (secondary N) is 2. The number of methoxy groups -OCH3 is 1. The van der Waals surface area contributed by atoms with Crippen molar-refractivity contribution >= 4 is 43.4 Å². The van der Waals surface area contributed by atoms with E-state index in [0.717, 1.165) is 74.8 Å². The van der Waals surface area contributed by atoms with E-state index in [2.05, 4.69) is 25.2 Å². The van der Waals surface area contributed by atoms with E-state index < -0.39 is 0 Å². The van der Waals surface area contributed by atoms with Crippen LogP contribution in [0.25, 0.3) is 20.4 Å². The summed E-state index contributed by atoms with van der Waals surface area (Å²) < 4.78 is 11.8. The molecule has 3 aromatic rings. The lowest BCUT2D eigenvalue weighted by molar-refractivity contribution is -0.328. The fraction of sp³-hybridized carbons (Fsp3) is 0.550. The van der Waals surface area contributed by atoms with Gasteiger partial charge in [-0.15, -0.1) is 0 Å². The number of H-pyrrole nitrogens is 1. The normalized spacial score (nSPS) is 16.8. The van der Waals surface area contributed by atoms with Crippen LogP contribution in [0.2, 0.25) is 0 Å². The zero-order valence-corrected chi connectivity index (χ0v) is 17.0. The molecular weight excluding hydrogens is 374 g/mol. The molecule has 28 heavy (non-hydrogen) atoms. The second-order valence-corrected chi connectivity index (χ2v) is 8.38. The number of morpholine rings is 1. The molecular formula is C20H26N5O2S+. The van der Waals surface area contributed by atoms with E-state index in [-0.39, 0.29) is 0 Å². The van der Waals surface area contributed by atoms with Crippen LogP contribution >= 0.6 is 11.3 Å². The van der Waals surface area contributed by atoms with Gasteiger partial charge in [0.2, 0.25) is 0 Å². The van der Waals surface area contributed by atoms with Gasteiger partial charge in [-0.2, -0.15) is 0 Å². The highest BCUT2D eigenvalue weighted by atomic mass is 32.1. The van der Waals surface area contributed by atoms with Gasteiger partial charge in [0.15, 0.2) is 4.83 Å². The van der Waals surface area contributed by atoms with Crippen LogP contribution in [0.5, 0.6) is 0 Å². The molecule has 3 aromatic heterocycles. The number of rotatable bonds is 6. The maximum absolute atomic E-state index is 5.56. The largest absolute Gasteiger partial charge is 0.385 e. The molecule has 0 atom stereocenters. The second kappa shape index (κ2) is 7.77. The molecule has 8 heteroatoms. The van der Waals surface area contributed by atoms with Gasteiger partial charge in [0.05, 0.1) is 24.1 Å². The summed E-state index contributed by atoms with van der Waals surface area (Å²) in [5.41, 5.74) is 4.03. The average molecular weight is 401 g/mol. The molecule has 7 nitrogen and oxygen atoms in total. The lowest BCUT2D eigenvalue weighted by Crippen LogP contribution is -2.40. The number of thiophene rings is 1. The summed E-state index contributed by atoms with van der Waals surface area (Å²) in [7, 11) is 1.73. The molecule has 0 amide bonds. The van der Waals surface area contributed by atoms with Crippen molar-refractivity contribution in [1.82, 2.24) is 9.97 Å². The number of ether oxygens (including phenoxy) is 2. The van der Waals surface area contributed by atoms with Crippen molar-refractivity contribution in [2.75, 3.05) is 56.8 Å². The third-order valence-electron chi connectivity index (χ3n) is 5.65. The van der Waals surface area contributed by atoms with E-state index in [0.29, 0.717) is 0 Å². The number of pyridine rings is 1. The lowest BCUT2D eigenvalue weighted by Gasteiger charge is -2.23. The fourth-order valence-corrected chi connectivity index (χ4v) is 5.49. The predicted molar refractivity (Wildman–Crippen MR) is 112 cm³/mol. The molecule has 2 aliphatic rings. The van der Waals surface area contributed by atoms with Crippen molar-refractivity contribution < 1.29 is 14.5 Å². The van der Waals surface area contributed by atoms with Crippen LogP contribution in [0, 0.1) is 0 Å². The standard InChI is InChI=1S/C20H25N5O2S/c1-26-9-3-6-21-18-17-16(22-12-23-18)15-13-4-2-5-14(13)19(24-20(15)28-17)25-7-10-27-11-8-25/h12H,2-11H2,1H3,(H,21,22,23)/p+1. The third kappa shape index (κ3) is 3.09. The van der Waals surface area contributed by atoms with Gasteiger partial charge in [-0.25, -0.2) is 15.0 Å². The number of anilines is 2. The lowest BCUT2D eigenvalue weighted by atomic mass is 10.1. The maximum Gasteiger partial charge on any atom is 0.279 e. The Morgan fingerprint density at radius 3 is 2.96 bits per heavy atom. The summed E-state index contributed by atoms with van der Waals surface area (Å²) in [6.07, 6.45) is 6.12. The van der Waals surface area contributed by atoms with Crippen molar-refractivity contribution in [1.29, 1.82) is 0 Å². The Hall–Kier alpha value is -2.03. The Kier molecular flexibility index (Phi) is 5.00. The minimum Gasteiger partial charge on any atom is -0.385 e. The Labute approximate surface area is 168 Å². The van der Waals surface area contributed by atoms with E-state index in [1.54, 1.807) is 24.8 Å². The van der Waals surface area contributed by atoms with Crippen LogP contribution in [0.3, 0.4) is 0 Å². The van der Waals surface area contributed by atoms with Gasteiger partial charge in [0, 0.05) is 25.8 Å². The van der Waals surface area contributed by atoms with Gasteiger partial charge >= 0.3 is 0 Å². The van der Waals surface area contributed by atoms with Gasteiger partial charge < -0.3 is 14.8 Å². The van der Waals surface area contributed by atoms with Crippen molar-refractivity contribution in [2.24, 2.45) is 0 Å². The van der Waals surface area contributed by atoms with Gasteiger partial charge in [-0.05, 0) is 31.2 Å². The first-order valence-electron chi connectivity index (χ1n) is 10.1. The maximum atomic E-state index is 5.56. The van der Waals surface area contributed by atoms with Crippen LogP contribution in [-0.2, 0) is 22.3 Å². The SMILES string of the molecule is COCCCNc1ncnc2c1sc1[nH+]c(N3CCOCC3)c3c(c12)CCC3. The van der Waals surface area contributed by atoms with Gasteiger partial charge in [0.25, 0.3) is 5.82 Å². The van der Waals surface area contributed by atoms with Gasteiger partial charge in [0.1, 0.15) is 29.9 Å². The van der Waals surface area contributed by atoms with E-state index in [9.17, 15) is 0 Å². The summed E-state index contributed by atoms with van der Waals surface area (Å²) in [6.45, 7) is 5.09. The minimum atomic E-state index is 0.748. The topological polar surface area (TPSA) is 73.7 Å². The van der Waals surface area contributed by atoms with Crippen LogP contribution in [-0.4, -0.2) is 56.5 Å². The van der Waals surface area contributed by atoms with Crippen LogP contribution in [0.4, 0.5) is 11.6 Å². The molecule has 1 aliphatic heterocycles. The molecule has 5 rings (SSSR count). The number of hydrogen-bond acceptors (Lipinski definition) is 7. The molecule has 148 valence electrons. The zero-order valence-electron chi connectivity index (χ0n) is 16.2. The van der Waals surface area contributed by atoms with Crippen LogP contribution < -0.4 is 15.2 Å². The number of aryl methyl sites for hydroxylation is 1. The summed E-state index contributed by atoms with van der Waals surface area (Å²) in [4.78, 5) is 16.6. The van der Waals surface area contributed by atoms with E-state index >= 15 is 0 Å². The van der Waals surface area contributed by atoms with E-state index in [1.165, 1.54) is 33.6 Å². The van der Waals surface area contributed by atoms with Crippen LogP contribution in [0.1, 0.15) is 24.0 Å². The third-order valence-corrected chi connectivity index (χ3v) is 6.76. The van der Waals surface area contributed by atoms with E-state index in [1.807, 2.05) is 0 Å². The first-order chi connectivity index (χ1) is 13.9. The smallest absolute Gasteiger partial charge is 0.279 e. The van der Waals surface area contributed by atoms with Crippen LogP contribution in [0.15, 0.2) is 6.33 Å². The average Bonchev–Trinajstić information content (AvgIpc) is 3.35. The summed E-state index contributed by atoms with van der Waals surface area (Å²) >= 11 is 1.76. The van der Waals surface area contributed by atoms with Gasteiger partial charge in [-0.1, -0.05) is 11.3 Å². The first-order valence-corrected chi connectivity index (χ1v) is 10.9. The van der Waals surface area contributed by atoms with Crippen molar-refractivity contribution in [3.63, 3.8) is 0 Å². The van der Waals surface area contributed by atoms with Crippen molar-refractivity contribution in [3.05, 3.63) is 17.5 Å². The number of nitrogens with zero attached hydrogens (tertiary/aromatic N) is 3. The molecule has 4 heterocycles. The Morgan fingerprint density at radius 2 is 2.11 bits per heavy atom. The quantitative estimate of drug-likeness (QED) is 0.641. The fourth-order valence-electron chi connectivity index (χ4n) is 4.35. The molecule has 2 N–H and O–H groups in total. The monoisotopic (exact) mass is 400 g/mol. The second-order valence-electron chi connectivity index (χ2n) is 7.36. The molecule has 0 saturated carbocycles. The molecule has 0 aromatic carbocycles. The van der Waals surface area contributed by atoms with E-state index in [4.69, 9.17) is 9.47 Å². The number of fused-ring (bicyclic) bond motifs is 5. The van der Waals surface area contributed by atoms with Crippen molar-refractivity contribution in [3.8, 4) is 0 Å². The molecule has 0 spiro atoms. The van der Waals surface area contributed by atoms with Crippen molar-refractivity contribution in [2.45, 2.75) is 25.7 Å². The summed E-state index contributed by atoms with van der Waals surface area (Å²) in [6, 6.07) is 0. The molecule has 1 aliphatic carbocycles. The predicted octanol–water partition coefficient (Wildman–Crippen LogP) is 2.43. The molecule has 0 bridgehead atoms. The van der Waals surface area contributed by atoms with Gasteiger partial charge in [-0.3, -0.25) is 4.90 Å². The minimum absolute atomic E-state index is 0.748. The highest BCUT2D eigenvalue weighted by Gasteiger charge is 2.31. The molecule has 0 radical (unpaired) electrons. The first kappa shape index (κ1) is 18.0. The Bertz CT molecular complexity index is 999. The summed E-state index contributed by atoms with van der Waals surface area (Å²) in [5, 5.41) is 4.77.